The van der Waals surface area contributed by atoms with Crippen LogP contribution < -0.4 is 0 Å². The average Bonchev–Trinajstić information content (AvgIpc) is 2.67. The van der Waals surface area contributed by atoms with Crippen molar-refractivity contribution in [2.24, 2.45) is 0 Å². The third kappa shape index (κ3) is 4.74. The lowest BCUT2D eigenvalue weighted by molar-refractivity contribution is -0.136. The molecule has 0 saturated carbocycles. The Bertz CT molecular complexity index is 400. The Balaban J connectivity index is 2.76. The molecule has 1 aromatic rings. The Hall–Kier alpha value is -0.940. The van der Waals surface area contributed by atoms with Gasteiger partial charge >= 0.3 is 5.97 Å². The van der Waals surface area contributed by atoms with Gasteiger partial charge in [-0.1, -0.05) is 13.8 Å². The highest BCUT2D eigenvalue weighted by Crippen LogP contribution is 2.26. The summed E-state index contributed by atoms with van der Waals surface area (Å²) in [5.41, 5.74) is 1.08. The van der Waals surface area contributed by atoms with Gasteiger partial charge in [0.05, 0.1) is 17.1 Å². The third-order valence-electron chi connectivity index (χ3n) is 2.66. The summed E-state index contributed by atoms with van der Waals surface area (Å²) in [4.78, 5) is 18.6. The van der Waals surface area contributed by atoms with Crippen molar-refractivity contribution in [3.63, 3.8) is 0 Å². The van der Waals surface area contributed by atoms with Crippen LogP contribution in [0.25, 0.3) is 0 Å². The highest BCUT2D eigenvalue weighted by atomic mass is 32.1. The number of carboxylic acid groups (broad SMARTS) is 1. The predicted molar refractivity (Wildman–Crippen MR) is 74.4 cm³/mol. The van der Waals surface area contributed by atoms with Crippen LogP contribution in [-0.4, -0.2) is 41.6 Å². The Labute approximate surface area is 113 Å². The number of aryl methyl sites for hydroxylation is 1. The molecule has 1 rings (SSSR count). The molecule has 1 aromatic heterocycles. The van der Waals surface area contributed by atoms with E-state index in [1.165, 1.54) is 0 Å². The van der Waals surface area contributed by atoms with Gasteiger partial charge in [-0.15, -0.1) is 11.3 Å². The molecule has 0 saturated heterocycles. The van der Waals surface area contributed by atoms with Crippen LogP contribution in [0.15, 0.2) is 0 Å². The standard InChI is InChI=1S/C13H22N2O2S/c1-9(2)13-10(5-6-12(16)17)18-11(14-13)7-8-15(3)4/h9H,5-8H2,1-4H3,(H,16,17). The second kappa shape index (κ2) is 6.85. The summed E-state index contributed by atoms with van der Waals surface area (Å²) in [7, 11) is 4.09. The molecule has 4 nitrogen and oxygen atoms in total. The van der Waals surface area contributed by atoms with Gasteiger partial charge < -0.3 is 10.0 Å². The molecule has 0 aliphatic heterocycles. The number of carbonyl (C=O) groups is 1. The van der Waals surface area contributed by atoms with Gasteiger partial charge in [0.25, 0.3) is 0 Å². The summed E-state index contributed by atoms with van der Waals surface area (Å²) in [5.74, 6) is -0.383. The highest BCUT2D eigenvalue weighted by molar-refractivity contribution is 7.11. The highest BCUT2D eigenvalue weighted by Gasteiger charge is 2.15. The van der Waals surface area contributed by atoms with E-state index in [4.69, 9.17) is 5.11 Å². The molecule has 0 spiro atoms. The first-order chi connectivity index (χ1) is 8.40. The molecule has 0 unspecified atom stereocenters. The molecule has 1 heterocycles. The fourth-order valence-electron chi connectivity index (χ4n) is 1.69. The molecule has 0 fully saturated rings. The summed E-state index contributed by atoms with van der Waals surface area (Å²) in [5, 5.41) is 9.88. The second-order valence-corrected chi connectivity index (χ2v) is 6.19. The molecule has 0 aliphatic carbocycles. The third-order valence-corrected chi connectivity index (χ3v) is 3.85. The predicted octanol–water partition coefficient (Wildman–Crippen LogP) is 2.39. The summed E-state index contributed by atoms with van der Waals surface area (Å²) in [6.45, 7) is 5.19. The Morgan fingerprint density at radius 2 is 2.06 bits per heavy atom. The number of aliphatic carboxylic acids is 1. The summed E-state index contributed by atoms with van der Waals surface area (Å²) < 4.78 is 0. The first kappa shape index (κ1) is 15.1. The van der Waals surface area contributed by atoms with Crippen molar-refractivity contribution < 1.29 is 9.90 Å². The summed E-state index contributed by atoms with van der Waals surface area (Å²) in [6, 6.07) is 0. The molecular weight excluding hydrogens is 248 g/mol. The van der Waals surface area contributed by atoms with Crippen molar-refractivity contribution in [1.82, 2.24) is 9.88 Å². The Kier molecular flexibility index (Phi) is 5.75. The fraction of sp³-hybridized carbons (Fsp3) is 0.692. The molecule has 102 valence electrons. The summed E-state index contributed by atoms with van der Waals surface area (Å²) in [6.07, 6.45) is 1.72. The SMILES string of the molecule is CC(C)c1nc(CCN(C)C)sc1CCC(=O)O. The lowest BCUT2D eigenvalue weighted by Crippen LogP contribution is -2.14. The first-order valence-corrected chi connectivity index (χ1v) is 7.06. The molecule has 0 aromatic carbocycles. The fourth-order valence-corrected chi connectivity index (χ4v) is 2.90. The monoisotopic (exact) mass is 270 g/mol. The maximum Gasteiger partial charge on any atom is 0.303 e. The van der Waals surface area contributed by atoms with Gasteiger partial charge in [-0.3, -0.25) is 4.79 Å². The largest absolute Gasteiger partial charge is 0.481 e. The minimum absolute atomic E-state index is 0.190. The van der Waals surface area contributed by atoms with Crippen molar-refractivity contribution in [3.8, 4) is 0 Å². The first-order valence-electron chi connectivity index (χ1n) is 6.25. The average molecular weight is 270 g/mol. The van der Waals surface area contributed by atoms with Gasteiger partial charge in [0.2, 0.25) is 0 Å². The molecule has 5 heteroatoms. The van der Waals surface area contributed by atoms with Crippen LogP contribution in [0.2, 0.25) is 0 Å². The van der Waals surface area contributed by atoms with Crippen LogP contribution in [-0.2, 0) is 17.6 Å². The van der Waals surface area contributed by atoms with Gasteiger partial charge in [-0.2, -0.15) is 0 Å². The van der Waals surface area contributed by atoms with Crippen LogP contribution in [0.3, 0.4) is 0 Å². The lowest BCUT2D eigenvalue weighted by atomic mass is 10.1. The number of carboxylic acids is 1. The topological polar surface area (TPSA) is 53.4 Å². The van der Waals surface area contributed by atoms with E-state index in [0.717, 1.165) is 28.5 Å². The normalized spacial score (nSPS) is 11.4. The van der Waals surface area contributed by atoms with E-state index in [1.54, 1.807) is 11.3 Å². The number of hydrogen-bond acceptors (Lipinski definition) is 4. The zero-order chi connectivity index (χ0) is 13.7. The number of aromatic nitrogens is 1. The van der Waals surface area contributed by atoms with Crippen molar-refractivity contribution in [1.29, 1.82) is 0 Å². The second-order valence-electron chi connectivity index (χ2n) is 5.02. The van der Waals surface area contributed by atoms with Crippen molar-refractivity contribution in [3.05, 3.63) is 15.6 Å². The Morgan fingerprint density at radius 1 is 1.39 bits per heavy atom. The molecule has 0 radical (unpaired) electrons. The van der Waals surface area contributed by atoms with E-state index in [2.05, 4.69) is 23.7 Å². The van der Waals surface area contributed by atoms with E-state index in [1.807, 2.05) is 14.1 Å². The van der Waals surface area contributed by atoms with E-state index >= 15 is 0 Å². The minimum atomic E-state index is -0.743. The quantitative estimate of drug-likeness (QED) is 0.826. The molecule has 0 bridgehead atoms. The van der Waals surface area contributed by atoms with Crippen molar-refractivity contribution >= 4 is 17.3 Å². The van der Waals surface area contributed by atoms with Crippen molar-refractivity contribution in [2.45, 2.75) is 39.0 Å². The van der Waals surface area contributed by atoms with Gasteiger partial charge in [-0.25, -0.2) is 4.98 Å². The van der Waals surface area contributed by atoms with Crippen LogP contribution in [0, 0.1) is 0 Å². The zero-order valence-corrected chi connectivity index (χ0v) is 12.4. The van der Waals surface area contributed by atoms with Crippen LogP contribution >= 0.6 is 11.3 Å². The van der Waals surface area contributed by atoms with Crippen LogP contribution in [0.4, 0.5) is 0 Å². The van der Waals surface area contributed by atoms with Crippen LogP contribution in [0.5, 0.6) is 0 Å². The Morgan fingerprint density at radius 3 is 2.56 bits per heavy atom. The van der Waals surface area contributed by atoms with E-state index in [9.17, 15) is 4.79 Å². The summed E-state index contributed by atoms with van der Waals surface area (Å²) >= 11 is 1.67. The maximum atomic E-state index is 10.7. The molecule has 18 heavy (non-hydrogen) atoms. The van der Waals surface area contributed by atoms with Gasteiger partial charge in [0, 0.05) is 17.8 Å². The van der Waals surface area contributed by atoms with Crippen LogP contribution in [0.1, 0.15) is 41.8 Å². The van der Waals surface area contributed by atoms with Gasteiger partial charge in [0.1, 0.15) is 0 Å². The zero-order valence-electron chi connectivity index (χ0n) is 11.6. The van der Waals surface area contributed by atoms with E-state index in [0.29, 0.717) is 12.3 Å². The molecule has 0 aliphatic rings. The van der Waals surface area contributed by atoms with E-state index < -0.39 is 5.97 Å². The number of hydrogen-bond donors (Lipinski definition) is 1. The van der Waals surface area contributed by atoms with E-state index in [-0.39, 0.29) is 6.42 Å². The number of thiazole rings is 1. The number of likely N-dealkylation sites (N-methyl/N-ethyl adjacent to an activating group) is 1. The van der Waals surface area contributed by atoms with Crippen molar-refractivity contribution in [2.75, 3.05) is 20.6 Å². The van der Waals surface area contributed by atoms with Gasteiger partial charge in [0.15, 0.2) is 0 Å². The van der Waals surface area contributed by atoms with Gasteiger partial charge in [-0.05, 0) is 26.4 Å². The smallest absolute Gasteiger partial charge is 0.303 e. The molecule has 0 atom stereocenters. The maximum absolute atomic E-state index is 10.7. The lowest BCUT2D eigenvalue weighted by Gasteiger charge is -2.06. The number of nitrogens with zero attached hydrogens (tertiary/aromatic N) is 2. The minimum Gasteiger partial charge on any atom is -0.481 e. The molecular formula is C13H22N2O2S. The number of rotatable bonds is 7. The molecule has 0 amide bonds. The molecule has 1 N–H and O–H groups in total.